The van der Waals surface area contributed by atoms with E-state index in [0.717, 1.165) is 11.3 Å². The smallest absolute Gasteiger partial charge is 0.305 e. The number of fused-ring (bicyclic) bond motifs is 2. The average Bonchev–Trinajstić information content (AvgIpc) is 3.23. The number of para-hydroxylation sites is 1. The fourth-order valence-electron chi connectivity index (χ4n) is 4.04. The van der Waals surface area contributed by atoms with Crippen molar-refractivity contribution in [3.8, 4) is 0 Å². The van der Waals surface area contributed by atoms with Gasteiger partial charge in [0.1, 0.15) is 5.25 Å². The van der Waals surface area contributed by atoms with Crippen LogP contribution in [0.15, 0.2) is 64.4 Å². The van der Waals surface area contributed by atoms with Crippen molar-refractivity contribution < 1.29 is 14.5 Å². The number of imide groups is 1. The summed E-state index contributed by atoms with van der Waals surface area (Å²) in [6, 6.07) is 14.7. The van der Waals surface area contributed by atoms with Gasteiger partial charge in [0.05, 0.1) is 21.6 Å². The number of thioether (sulfide) groups is 1. The normalized spacial score (nSPS) is 22.7. The predicted molar refractivity (Wildman–Crippen MR) is 112 cm³/mol. The first-order chi connectivity index (χ1) is 14.5. The van der Waals surface area contributed by atoms with Gasteiger partial charge in [-0.15, -0.1) is 0 Å². The molecule has 0 unspecified atom stereocenters. The summed E-state index contributed by atoms with van der Waals surface area (Å²) in [7, 11) is 0. The Labute approximate surface area is 177 Å². The third-order valence-corrected chi connectivity index (χ3v) is 7.68. The molecule has 0 spiro atoms. The molecule has 1 N–H and O–H groups in total. The van der Waals surface area contributed by atoms with E-state index in [4.69, 9.17) is 0 Å². The van der Waals surface area contributed by atoms with Gasteiger partial charge in [0.15, 0.2) is 0 Å². The Kier molecular flexibility index (Phi) is 4.33. The SMILES string of the molecule is O=C1[C@H]2[C@H](c3cccc([N+](=O)[O-])c3)c3sc(=O)[nH]c3S[C@H]2C(=O)N1c1ccccc1. The summed E-state index contributed by atoms with van der Waals surface area (Å²) in [6.45, 7) is 0. The van der Waals surface area contributed by atoms with E-state index in [1.165, 1.54) is 28.8 Å². The summed E-state index contributed by atoms with van der Waals surface area (Å²) in [4.78, 5) is 53.7. The number of hydrogen-bond donors (Lipinski definition) is 1. The second-order valence-electron chi connectivity index (χ2n) is 6.95. The van der Waals surface area contributed by atoms with E-state index in [-0.39, 0.29) is 22.4 Å². The topological polar surface area (TPSA) is 113 Å². The van der Waals surface area contributed by atoms with E-state index in [2.05, 4.69) is 4.98 Å². The zero-order chi connectivity index (χ0) is 21.0. The largest absolute Gasteiger partial charge is 0.307 e. The van der Waals surface area contributed by atoms with E-state index in [0.29, 0.717) is 21.2 Å². The van der Waals surface area contributed by atoms with Crippen molar-refractivity contribution in [2.24, 2.45) is 5.92 Å². The lowest BCUT2D eigenvalue weighted by atomic mass is 9.83. The van der Waals surface area contributed by atoms with Crippen LogP contribution in [0.1, 0.15) is 16.4 Å². The summed E-state index contributed by atoms with van der Waals surface area (Å²) in [6.07, 6.45) is 0. The summed E-state index contributed by atoms with van der Waals surface area (Å²) in [5.74, 6) is -2.11. The number of aromatic nitrogens is 1. The molecular weight excluding hydrogens is 426 g/mol. The molecule has 3 heterocycles. The molecule has 1 fully saturated rings. The molecule has 3 atom stereocenters. The molecule has 30 heavy (non-hydrogen) atoms. The van der Waals surface area contributed by atoms with E-state index < -0.39 is 22.0 Å². The number of nitrogens with one attached hydrogen (secondary N) is 1. The summed E-state index contributed by atoms with van der Waals surface area (Å²) in [5.41, 5.74) is 0.910. The number of nitro groups is 1. The van der Waals surface area contributed by atoms with Crippen LogP contribution < -0.4 is 9.77 Å². The lowest BCUT2D eigenvalue weighted by molar-refractivity contribution is -0.384. The minimum absolute atomic E-state index is 0.108. The van der Waals surface area contributed by atoms with Crippen LogP contribution in [0.2, 0.25) is 0 Å². The van der Waals surface area contributed by atoms with Crippen molar-refractivity contribution in [1.82, 2.24) is 4.98 Å². The fraction of sp³-hybridized carbons (Fsp3) is 0.150. The maximum atomic E-state index is 13.4. The van der Waals surface area contributed by atoms with Gasteiger partial charge in [0.2, 0.25) is 11.8 Å². The fourth-order valence-corrected chi connectivity index (χ4v) is 6.55. The highest BCUT2D eigenvalue weighted by molar-refractivity contribution is 8.00. The minimum atomic E-state index is -0.760. The number of anilines is 1. The maximum absolute atomic E-state index is 13.4. The Morgan fingerprint density at radius 1 is 1.00 bits per heavy atom. The van der Waals surface area contributed by atoms with Crippen molar-refractivity contribution in [2.75, 3.05) is 4.90 Å². The highest BCUT2D eigenvalue weighted by Gasteiger charge is 2.56. The standard InChI is InChI=1S/C20H13N3O5S2/c24-18-14-13(10-5-4-8-12(9-10)23(27)28)15-17(21-20(26)30-15)29-16(14)19(25)22(18)11-6-2-1-3-7-11/h1-9,13-14,16H,(H,21,26)/t13-,14-,16+/m0/s1. The number of carbonyl (C=O) groups is 2. The molecule has 1 aromatic heterocycles. The highest BCUT2D eigenvalue weighted by atomic mass is 32.2. The molecule has 10 heteroatoms. The number of nitro benzene ring substituents is 1. The van der Waals surface area contributed by atoms with Gasteiger partial charge in [-0.25, -0.2) is 4.90 Å². The molecule has 1 saturated heterocycles. The third-order valence-electron chi connectivity index (χ3n) is 5.28. The summed E-state index contributed by atoms with van der Waals surface area (Å²) >= 11 is 2.15. The minimum Gasteiger partial charge on any atom is -0.307 e. The van der Waals surface area contributed by atoms with Gasteiger partial charge < -0.3 is 4.98 Å². The van der Waals surface area contributed by atoms with Crippen LogP contribution in [-0.4, -0.2) is 27.0 Å². The zero-order valence-electron chi connectivity index (χ0n) is 15.2. The highest BCUT2D eigenvalue weighted by Crippen LogP contribution is 2.53. The molecule has 2 aliphatic heterocycles. The van der Waals surface area contributed by atoms with E-state index in [1.807, 2.05) is 0 Å². The Bertz CT molecular complexity index is 1250. The first-order valence-electron chi connectivity index (χ1n) is 9.02. The molecule has 3 aromatic rings. The van der Waals surface area contributed by atoms with Crippen molar-refractivity contribution in [3.63, 3.8) is 0 Å². The molecule has 0 saturated carbocycles. The average molecular weight is 439 g/mol. The molecule has 150 valence electrons. The molecular formula is C20H13N3O5S2. The van der Waals surface area contributed by atoms with Crippen LogP contribution in [0.4, 0.5) is 11.4 Å². The Morgan fingerprint density at radius 3 is 2.50 bits per heavy atom. The number of amides is 2. The number of thiazole rings is 1. The number of benzene rings is 2. The number of H-pyrrole nitrogens is 1. The van der Waals surface area contributed by atoms with Gasteiger partial charge in [-0.1, -0.05) is 53.4 Å². The van der Waals surface area contributed by atoms with E-state index in [1.54, 1.807) is 42.5 Å². The number of rotatable bonds is 3. The molecule has 0 radical (unpaired) electrons. The Morgan fingerprint density at radius 2 is 1.77 bits per heavy atom. The van der Waals surface area contributed by atoms with E-state index in [9.17, 15) is 24.5 Å². The third kappa shape index (κ3) is 2.79. The van der Waals surface area contributed by atoms with Crippen molar-refractivity contribution >= 4 is 46.3 Å². The lowest BCUT2D eigenvalue weighted by Gasteiger charge is -2.29. The van der Waals surface area contributed by atoms with Gasteiger partial charge in [-0.3, -0.25) is 24.5 Å². The van der Waals surface area contributed by atoms with Crippen LogP contribution in [0.25, 0.3) is 0 Å². The second kappa shape index (κ2) is 6.92. The van der Waals surface area contributed by atoms with Crippen LogP contribution in [-0.2, 0) is 9.59 Å². The Balaban J connectivity index is 1.67. The summed E-state index contributed by atoms with van der Waals surface area (Å²) in [5, 5.41) is 11.1. The van der Waals surface area contributed by atoms with Gasteiger partial charge in [0.25, 0.3) is 5.69 Å². The van der Waals surface area contributed by atoms with Crippen molar-refractivity contribution in [2.45, 2.75) is 16.2 Å². The van der Waals surface area contributed by atoms with E-state index >= 15 is 0 Å². The first-order valence-corrected chi connectivity index (χ1v) is 10.7. The lowest BCUT2D eigenvalue weighted by Crippen LogP contribution is -2.32. The molecule has 2 aliphatic rings. The number of carbonyl (C=O) groups excluding carboxylic acids is 2. The monoisotopic (exact) mass is 439 g/mol. The van der Waals surface area contributed by atoms with Gasteiger partial charge >= 0.3 is 4.87 Å². The molecule has 2 aromatic carbocycles. The van der Waals surface area contributed by atoms with Crippen LogP contribution >= 0.6 is 23.1 Å². The molecule has 8 nitrogen and oxygen atoms in total. The quantitative estimate of drug-likeness (QED) is 0.381. The van der Waals surface area contributed by atoms with Gasteiger partial charge in [-0.2, -0.15) is 0 Å². The molecule has 0 bridgehead atoms. The number of hydrogen-bond acceptors (Lipinski definition) is 7. The van der Waals surface area contributed by atoms with Gasteiger partial charge in [-0.05, 0) is 17.7 Å². The number of non-ortho nitro benzene ring substituents is 1. The summed E-state index contributed by atoms with van der Waals surface area (Å²) < 4.78 is 0. The zero-order valence-corrected chi connectivity index (χ0v) is 16.8. The number of nitrogens with zero attached hydrogens (tertiary/aromatic N) is 2. The van der Waals surface area contributed by atoms with Crippen LogP contribution in [0.5, 0.6) is 0 Å². The second-order valence-corrected chi connectivity index (χ2v) is 9.12. The van der Waals surface area contributed by atoms with Crippen molar-refractivity contribution in [1.29, 1.82) is 0 Å². The molecule has 0 aliphatic carbocycles. The first kappa shape index (κ1) is 18.8. The van der Waals surface area contributed by atoms with Gasteiger partial charge in [0, 0.05) is 22.9 Å². The molecule has 2 amide bonds. The Hall–Kier alpha value is -3.24. The molecule has 5 rings (SSSR count). The van der Waals surface area contributed by atoms with Crippen molar-refractivity contribution in [3.05, 3.63) is 84.8 Å². The van der Waals surface area contributed by atoms with Crippen LogP contribution in [0.3, 0.4) is 0 Å². The maximum Gasteiger partial charge on any atom is 0.305 e. The predicted octanol–water partition coefficient (Wildman–Crippen LogP) is 3.14. The number of aromatic amines is 1. The van der Waals surface area contributed by atoms with Crippen LogP contribution in [0, 0.1) is 16.0 Å².